The van der Waals surface area contributed by atoms with Crippen molar-refractivity contribution in [3.63, 3.8) is 0 Å². The molecule has 2 heteroatoms. The summed E-state index contributed by atoms with van der Waals surface area (Å²) >= 11 is 0. The molecule has 0 fully saturated rings. The van der Waals surface area contributed by atoms with Gasteiger partial charge in [0.1, 0.15) is 0 Å². The molecule has 1 unspecified atom stereocenters. The summed E-state index contributed by atoms with van der Waals surface area (Å²) in [6, 6.07) is 32.7. The van der Waals surface area contributed by atoms with Crippen LogP contribution in [0, 0.1) is 0 Å². The van der Waals surface area contributed by atoms with Gasteiger partial charge in [-0.25, -0.2) is 0 Å². The molecular weight excluding hydrogens is 404 g/mol. The second-order valence-electron chi connectivity index (χ2n) is 9.45. The molecule has 0 aromatic heterocycles. The standard InChI is InChI=1S/C29H30Si2/c1-5-30(3,4)29-28(25-17-10-7-11-18-25)27(24-15-8-6-9-16-24)22(2)31(29)21-20-23-14-12-13-19-26(23)31/h6-21H,5H2,1-4H3. The van der Waals surface area contributed by atoms with Crippen LogP contribution in [0.15, 0.2) is 101 Å². The van der Waals surface area contributed by atoms with E-state index in [2.05, 4.69) is 124 Å². The van der Waals surface area contributed by atoms with E-state index >= 15 is 0 Å². The van der Waals surface area contributed by atoms with Gasteiger partial charge in [0, 0.05) is 0 Å². The van der Waals surface area contributed by atoms with Crippen molar-refractivity contribution in [3.05, 3.63) is 117 Å². The third kappa shape index (κ3) is 2.93. The van der Waals surface area contributed by atoms with E-state index in [-0.39, 0.29) is 0 Å². The van der Waals surface area contributed by atoms with Crippen molar-refractivity contribution >= 4 is 38.6 Å². The molecular formula is C29H30Si2. The van der Waals surface area contributed by atoms with Crippen LogP contribution in [0.4, 0.5) is 0 Å². The highest BCUT2D eigenvalue weighted by Crippen LogP contribution is 2.53. The van der Waals surface area contributed by atoms with Crippen molar-refractivity contribution in [3.8, 4) is 0 Å². The fourth-order valence-corrected chi connectivity index (χ4v) is 17.4. The van der Waals surface area contributed by atoms with Crippen LogP contribution in [0.25, 0.3) is 17.2 Å². The Morgan fingerprint density at radius 3 is 1.87 bits per heavy atom. The van der Waals surface area contributed by atoms with E-state index in [0.29, 0.717) is 0 Å². The summed E-state index contributed by atoms with van der Waals surface area (Å²) in [5.74, 6) is 0. The summed E-state index contributed by atoms with van der Waals surface area (Å²) in [5, 5.41) is 3.21. The van der Waals surface area contributed by atoms with Crippen LogP contribution in [0.3, 0.4) is 0 Å². The average Bonchev–Trinajstić information content (AvgIpc) is 3.32. The van der Waals surface area contributed by atoms with E-state index in [4.69, 9.17) is 0 Å². The average molecular weight is 435 g/mol. The van der Waals surface area contributed by atoms with Crippen LogP contribution >= 0.6 is 0 Å². The van der Waals surface area contributed by atoms with Crippen molar-refractivity contribution in [2.24, 2.45) is 0 Å². The largest absolute Gasteiger partial charge is 0.162 e. The van der Waals surface area contributed by atoms with E-state index < -0.39 is 16.1 Å². The van der Waals surface area contributed by atoms with Crippen molar-refractivity contribution in [1.82, 2.24) is 0 Å². The molecule has 3 aromatic rings. The number of rotatable bonds is 4. The highest BCUT2D eigenvalue weighted by Gasteiger charge is 2.54. The Bertz CT molecular complexity index is 1230. The SMILES string of the molecule is CC[Si](C)(C)C1=C(c2ccccc2)C(c2ccccc2)=C(C)[Si]12C=Cc1ccccc12. The summed E-state index contributed by atoms with van der Waals surface area (Å²) in [4.78, 5) is 1.81. The highest BCUT2D eigenvalue weighted by atomic mass is 28.4. The van der Waals surface area contributed by atoms with Gasteiger partial charge in [-0.2, -0.15) is 0 Å². The molecule has 31 heavy (non-hydrogen) atoms. The zero-order valence-electron chi connectivity index (χ0n) is 18.9. The zero-order chi connectivity index (χ0) is 21.6. The van der Waals surface area contributed by atoms with Crippen molar-refractivity contribution < 1.29 is 0 Å². The van der Waals surface area contributed by atoms with E-state index in [0.717, 1.165) is 0 Å². The lowest BCUT2D eigenvalue weighted by molar-refractivity contribution is 1.37. The van der Waals surface area contributed by atoms with Gasteiger partial charge in [-0.05, 0) is 39.9 Å². The Morgan fingerprint density at radius 1 is 0.710 bits per heavy atom. The molecule has 0 radical (unpaired) electrons. The normalized spacial score (nSPS) is 20.1. The summed E-state index contributed by atoms with van der Waals surface area (Å²) in [7, 11) is -3.79. The Balaban J connectivity index is 1.95. The van der Waals surface area contributed by atoms with Gasteiger partial charge in [-0.3, -0.25) is 0 Å². The molecule has 154 valence electrons. The molecule has 5 rings (SSSR count). The van der Waals surface area contributed by atoms with Gasteiger partial charge >= 0.3 is 0 Å². The van der Waals surface area contributed by atoms with Gasteiger partial charge in [-0.15, -0.1) is 0 Å². The quantitative estimate of drug-likeness (QED) is 0.381. The van der Waals surface area contributed by atoms with Gasteiger partial charge in [-0.1, -0.05) is 133 Å². The van der Waals surface area contributed by atoms with Gasteiger partial charge in [0.25, 0.3) is 0 Å². The smallest absolute Gasteiger partial charge is 0.0819 e. The van der Waals surface area contributed by atoms with E-state index in [9.17, 15) is 0 Å². The molecule has 1 atom stereocenters. The molecule has 2 heterocycles. The van der Waals surface area contributed by atoms with Crippen LogP contribution in [-0.2, 0) is 0 Å². The number of allylic oxidation sites excluding steroid dienone is 3. The Labute approximate surface area is 188 Å². The first kappa shape index (κ1) is 20.2. The van der Waals surface area contributed by atoms with Gasteiger partial charge in [0.2, 0.25) is 0 Å². The minimum atomic E-state index is -2.13. The van der Waals surface area contributed by atoms with Crippen molar-refractivity contribution in [2.75, 3.05) is 0 Å². The molecule has 1 spiro atoms. The van der Waals surface area contributed by atoms with Gasteiger partial charge in [0.05, 0.1) is 8.07 Å². The molecule has 2 aliphatic rings. The van der Waals surface area contributed by atoms with E-state index in [1.807, 2.05) is 4.82 Å². The fraction of sp³-hybridized carbons (Fsp3) is 0.172. The zero-order valence-corrected chi connectivity index (χ0v) is 20.9. The number of benzene rings is 3. The maximum Gasteiger partial charge on any atom is 0.162 e. The predicted octanol–water partition coefficient (Wildman–Crippen LogP) is 7.20. The third-order valence-electron chi connectivity index (χ3n) is 7.44. The molecule has 2 aliphatic heterocycles. The van der Waals surface area contributed by atoms with Crippen LogP contribution in [0.2, 0.25) is 19.1 Å². The topological polar surface area (TPSA) is 0 Å². The van der Waals surface area contributed by atoms with Crippen molar-refractivity contribution in [2.45, 2.75) is 33.0 Å². The monoisotopic (exact) mass is 434 g/mol. The van der Waals surface area contributed by atoms with E-state index in [1.165, 1.54) is 33.9 Å². The maximum atomic E-state index is 2.64. The Kier molecular flexibility index (Phi) is 4.88. The predicted molar refractivity (Wildman–Crippen MR) is 141 cm³/mol. The number of hydrogen-bond donors (Lipinski definition) is 0. The second-order valence-corrected chi connectivity index (χ2v) is 18.7. The van der Waals surface area contributed by atoms with Crippen LogP contribution in [0.5, 0.6) is 0 Å². The maximum absolute atomic E-state index is 2.64. The lowest BCUT2D eigenvalue weighted by Gasteiger charge is -2.37. The first-order valence-electron chi connectivity index (χ1n) is 11.4. The molecule has 0 aliphatic carbocycles. The first-order valence-corrected chi connectivity index (χ1v) is 16.7. The molecule has 0 saturated heterocycles. The summed E-state index contributed by atoms with van der Waals surface area (Å²) in [6.07, 6.45) is 2.42. The number of fused-ring (bicyclic) bond motifs is 2. The minimum absolute atomic E-state index is 1.26. The molecule has 3 aromatic carbocycles. The summed E-state index contributed by atoms with van der Waals surface area (Å²) < 4.78 is 0. The summed E-state index contributed by atoms with van der Waals surface area (Å²) in [6.45, 7) is 10.0. The third-order valence-corrected chi connectivity index (χ3v) is 18.5. The van der Waals surface area contributed by atoms with Crippen molar-refractivity contribution in [1.29, 1.82) is 0 Å². The fourth-order valence-electron chi connectivity index (χ4n) is 5.65. The molecule has 0 saturated carbocycles. The lowest BCUT2D eigenvalue weighted by atomic mass is 9.93. The minimum Gasteiger partial charge on any atom is -0.0819 e. The van der Waals surface area contributed by atoms with Gasteiger partial charge in [0.15, 0.2) is 8.07 Å². The highest BCUT2D eigenvalue weighted by molar-refractivity contribution is 7.21. The van der Waals surface area contributed by atoms with Gasteiger partial charge < -0.3 is 0 Å². The molecule has 0 N–H and O–H groups in total. The van der Waals surface area contributed by atoms with Crippen LogP contribution in [-0.4, -0.2) is 16.1 Å². The molecule has 0 amide bonds. The Morgan fingerprint density at radius 2 is 1.26 bits per heavy atom. The number of hydrogen-bond acceptors (Lipinski definition) is 0. The first-order chi connectivity index (χ1) is 15.0. The lowest BCUT2D eigenvalue weighted by Crippen LogP contribution is -2.54. The Hall–Kier alpha value is -2.69. The molecule has 0 bridgehead atoms. The van der Waals surface area contributed by atoms with Crippen LogP contribution in [0.1, 0.15) is 30.5 Å². The van der Waals surface area contributed by atoms with E-state index in [1.54, 1.807) is 10.4 Å². The second kappa shape index (κ2) is 7.47. The van der Waals surface area contributed by atoms with Crippen LogP contribution < -0.4 is 5.19 Å². The molecule has 0 nitrogen and oxygen atoms in total. The summed E-state index contributed by atoms with van der Waals surface area (Å²) in [5.41, 5.74) is 9.84.